The minimum Gasteiger partial charge on any atom is -0.329 e. The quantitative estimate of drug-likeness (QED) is 0.822. The molecule has 0 aromatic carbocycles. The highest BCUT2D eigenvalue weighted by molar-refractivity contribution is 5.17. The van der Waals surface area contributed by atoms with E-state index in [0.717, 1.165) is 45.8 Å². The van der Waals surface area contributed by atoms with Gasteiger partial charge in [0.05, 0.1) is 5.69 Å². The van der Waals surface area contributed by atoms with E-state index in [9.17, 15) is 0 Å². The van der Waals surface area contributed by atoms with Crippen molar-refractivity contribution in [3.05, 3.63) is 29.6 Å². The van der Waals surface area contributed by atoms with E-state index in [1.165, 1.54) is 11.3 Å². The molecule has 4 nitrogen and oxygen atoms in total. The highest BCUT2D eigenvalue weighted by Gasteiger charge is 2.16. The summed E-state index contributed by atoms with van der Waals surface area (Å²) in [6.07, 6.45) is 1.88. The summed E-state index contributed by atoms with van der Waals surface area (Å²) in [5.41, 5.74) is 8.07. The van der Waals surface area contributed by atoms with Gasteiger partial charge in [-0.2, -0.15) is 0 Å². The first-order valence-electron chi connectivity index (χ1n) is 6.35. The Bertz CT molecular complexity index is 345. The molecule has 2 N–H and O–H groups in total. The largest absolute Gasteiger partial charge is 0.329 e. The first-order chi connectivity index (χ1) is 8.29. The van der Waals surface area contributed by atoms with E-state index in [0.29, 0.717) is 0 Å². The van der Waals surface area contributed by atoms with Crippen LogP contribution in [-0.2, 0) is 6.54 Å². The van der Waals surface area contributed by atoms with Gasteiger partial charge < -0.3 is 5.73 Å². The van der Waals surface area contributed by atoms with E-state index in [-0.39, 0.29) is 0 Å². The number of aryl methyl sites for hydroxylation is 1. The third kappa shape index (κ3) is 3.49. The molecule has 1 aliphatic heterocycles. The smallest absolute Gasteiger partial charge is 0.0573 e. The van der Waals surface area contributed by atoms with Crippen LogP contribution in [0.3, 0.4) is 0 Å². The predicted octanol–water partition coefficient (Wildman–Crippen LogP) is 0.466. The lowest BCUT2D eigenvalue weighted by Gasteiger charge is -2.34. The van der Waals surface area contributed by atoms with Crippen LogP contribution in [0.2, 0.25) is 0 Å². The van der Waals surface area contributed by atoms with E-state index in [1.807, 2.05) is 12.3 Å². The fraction of sp³-hybridized carbons (Fsp3) is 0.615. The fourth-order valence-electron chi connectivity index (χ4n) is 2.25. The Morgan fingerprint density at radius 3 is 2.59 bits per heavy atom. The van der Waals surface area contributed by atoms with Crippen LogP contribution >= 0.6 is 0 Å². The molecule has 2 heterocycles. The van der Waals surface area contributed by atoms with Gasteiger partial charge >= 0.3 is 0 Å². The zero-order chi connectivity index (χ0) is 12.1. The number of hydrogen-bond donors (Lipinski definition) is 1. The summed E-state index contributed by atoms with van der Waals surface area (Å²) in [6, 6.07) is 4.13. The van der Waals surface area contributed by atoms with Gasteiger partial charge in [-0.15, -0.1) is 0 Å². The third-order valence-corrected chi connectivity index (χ3v) is 3.40. The second-order valence-corrected chi connectivity index (χ2v) is 4.67. The van der Waals surface area contributed by atoms with Crippen molar-refractivity contribution in [2.24, 2.45) is 5.73 Å². The maximum atomic E-state index is 5.57. The highest BCUT2D eigenvalue weighted by Crippen LogP contribution is 2.09. The second kappa shape index (κ2) is 6.10. The minimum atomic E-state index is 0.763. The molecule has 94 valence electrons. The molecule has 1 saturated heterocycles. The molecule has 1 aromatic rings. The third-order valence-electron chi connectivity index (χ3n) is 3.40. The van der Waals surface area contributed by atoms with Crippen LogP contribution in [0, 0.1) is 6.92 Å². The first kappa shape index (κ1) is 12.5. The summed E-state index contributed by atoms with van der Waals surface area (Å²) in [6.45, 7) is 9.39. The van der Waals surface area contributed by atoms with Crippen LogP contribution in [0.5, 0.6) is 0 Å². The van der Waals surface area contributed by atoms with E-state index in [1.54, 1.807) is 0 Å². The van der Waals surface area contributed by atoms with Gasteiger partial charge in [-0.1, -0.05) is 6.07 Å². The molecule has 17 heavy (non-hydrogen) atoms. The summed E-state index contributed by atoms with van der Waals surface area (Å²) in [4.78, 5) is 9.36. The van der Waals surface area contributed by atoms with Gasteiger partial charge in [0, 0.05) is 52.0 Å². The van der Waals surface area contributed by atoms with Crippen molar-refractivity contribution in [2.75, 3.05) is 39.3 Å². The highest BCUT2D eigenvalue weighted by atomic mass is 15.3. The number of pyridine rings is 1. The molecule has 0 saturated carbocycles. The Labute approximate surface area is 103 Å². The van der Waals surface area contributed by atoms with Crippen molar-refractivity contribution >= 4 is 0 Å². The SMILES string of the molecule is Cc1cccnc1CN1CCN(CCN)CC1. The molecule has 4 heteroatoms. The van der Waals surface area contributed by atoms with Gasteiger partial charge in [0.1, 0.15) is 0 Å². The van der Waals surface area contributed by atoms with Crippen molar-refractivity contribution in [2.45, 2.75) is 13.5 Å². The van der Waals surface area contributed by atoms with E-state index < -0.39 is 0 Å². The molecule has 2 rings (SSSR count). The van der Waals surface area contributed by atoms with Crippen molar-refractivity contribution in [3.63, 3.8) is 0 Å². The van der Waals surface area contributed by atoms with Gasteiger partial charge in [-0.3, -0.25) is 14.8 Å². The second-order valence-electron chi connectivity index (χ2n) is 4.67. The van der Waals surface area contributed by atoms with E-state index in [2.05, 4.69) is 27.8 Å². The number of hydrogen-bond acceptors (Lipinski definition) is 4. The Hall–Kier alpha value is -0.970. The minimum absolute atomic E-state index is 0.763. The molecular weight excluding hydrogens is 212 g/mol. The monoisotopic (exact) mass is 234 g/mol. The fourth-order valence-corrected chi connectivity index (χ4v) is 2.25. The van der Waals surface area contributed by atoms with Gasteiger partial charge in [0.15, 0.2) is 0 Å². The zero-order valence-corrected chi connectivity index (χ0v) is 10.6. The lowest BCUT2D eigenvalue weighted by molar-refractivity contribution is 0.128. The maximum absolute atomic E-state index is 5.57. The average molecular weight is 234 g/mol. The molecule has 1 aromatic heterocycles. The van der Waals surface area contributed by atoms with Crippen LogP contribution in [0.25, 0.3) is 0 Å². The number of piperazine rings is 1. The van der Waals surface area contributed by atoms with Crippen LogP contribution < -0.4 is 5.73 Å². The van der Waals surface area contributed by atoms with Crippen LogP contribution in [0.1, 0.15) is 11.3 Å². The van der Waals surface area contributed by atoms with Crippen molar-refractivity contribution in [3.8, 4) is 0 Å². The lowest BCUT2D eigenvalue weighted by Crippen LogP contribution is -2.47. The standard InChI is InChI=1S/C13H22N4/c1-12-3-2-5-15-13(12)11-17-9-7-16(6-4-14)8-10-17/h2-3,5H,4,6-11,14H2,1H3. The summed E-state index contributed by atoms with van der Waals surface area (Å²) in [7, 11) is 0. The molecule has 0 bridgehead atoms. The molecule has 0 radical (unpaired) electrons. The molecule has 0 atom stereocenters. The first-order valence-corrected chi connectivity index (χ1v) is 6.35. The topological polar surface area (TPSA) is 45.4 Å². The number of nitrogens with zero attached hydrogens (tertiary/aromatic N) is 3. The molecular formula is C13H22N4. The maximum Gasteiger partial charge on any atom is 0.0573 e. The van der Waals surface area contributed by atoms with Gasteiger partial charge in [-0.25, -0.2) is 0 Å². The number of aromatic nitrogens is 1. The Morgan fingerprint density at radius 2 is 1.94 bits per heavy atom. The molecule has 1 aliphatic rings. The molecule has 1 fully saturated rings. The molecule has 0 aliphatic carbocycles. The Kier molecular flexibility index (Phi) is 4.48. The summed E-state index contributed by atoms with van der Waals surface area (Å²) >= 11 is 0. The zero-order valence-electron chi connectivity index (χ0n) is 10.6. The summed E-state index contributed by atoms with van der Waals surface area (Å²) in [5.74, 6) is 0. The van der Waals surface area contributed by atoms with E-state index >= 15 is 0 Å². The Morgan fingerprint density at radius 1 is 1.24 bits per heavy atom. The molecule has 0 spiro atoms. The Balaban J connectivity index is 1.84. The summed E-state index contributed by atoms with van der Waals surface area (Å²) in [5, 5.41) is 0. The molecule has 0 unspecified atom stereocenters. The number of rotatable bonds is 4. The van der Waals surface area contributed by atoms with Crippen LogP contribution in [0.15, 0.2) is 18.3 Å². The van der Waals surface area contributed by atoms with Crippen molar-refractivity contribution in [1.82, 2.24) is 14.8 Å². The van der Waals surface area contributed by atoms with Crippen molar-refractivity contribution < 1.29 is 0 Å². The van der Waals surface area contributed by atoms with Crippen LogP contribution in [-0.4, -0.2) is 54.1 Å². The van der Waals surface area contributed by atoms with Gasteiger partial charge in [0.2, 0.25) is 0 Å². The predicted molar refractivity (Wildman–Crippen MR) is 69.7 cm³/mol. The number of nitrogens with two attached hydrogens (primary N) is 1. The van der Waals surface area contributed by atoms with Gasteiger partial charge in [-0.05, 0) is 18.6 Å². The summed E-state index contributed by atoms with van der Waals surface area (Å²) < 4.78 is 0. The van der Waals surface area contributed by atoms with Crippen molar-refractivity contribution in [1.29, 1.82) is 0 Å². The lowest BCUT2D eigenvalue weighted by atomic mass is 10.2. The van der Waals surface area contributed by atoms with E-state index in [4.69, 9.17) is 5.73 Å². The van der Waals surface area contributed by atoms with Gasteiger partial charge in [0.25, 0.3) is 0 Å². The molecule has 0 amide bonds. The average Bonchev–Trinajstić information content (AvgIpc) is 2.35. The normalized spacial score (nSPS) is 18.5. The van der Waals surface area contributed by atoms with Crippen LogP contribution in [0.4, 0.5) is 0 Å².